The van der Waals surface area contributed by atoms with E-state index in [1.165, 1.54) is 35.7 Å². The molecule has 0 saturated carbocycles. The molecule has 1 N–H and O–H groups in total. The second-order valence-electron chi connectivity index (χ2n) is 6.08. The number of para-hydroxylation sites is 1. The van der Waals surface area contributed by atoms with Crippen molar-refractivity contribution in [3.05, 3.63) is 36.0 Å². The Hall–Kier alpha value is -1.28. The molecule has 2 aromatic rings. The van der Waals surface area contributed by atoms with Crippen LogP contribution in [0, 0.1) is 5.92 Å². The largest absolute Gasteiger partial charge is 0.347 e. The number of hydrogen-bond donors (Lipinski definition) is 1. The van der Waals surface area contributed by atoms with E-state index in [1.54, 1.807) is 0 Å². The molecule has 0 aliphatic heterocycles. The van der Waals surface area contributed by atoms with E-state index in [4.69, 9.17) is 0 Å². The van der Waals surface area contributed by atoms with Crippen LogP contribution in [0.25, 0.3) is 10.9 Å². The van der Waals surface area contributed by atoms with Crippen molar-refractivity contribution in [3.8, 4) is 0 Å². The van der Waals surface area contributed by atoms with Gasteiger partial charge in [-0.3, -0.25) is 0 Å². The number of benzene rings is 1. The minimum Gasteiger partial charge on any atom is -0.347 e. The predicted octanol–water partition coefficient (Wildman–Crippen LogP) is 4.58. The molecular weight excluding hydrogens is 244 g/mol. The third kappa shape index (κ3) is 3.86. The Morgan fingerprint density at radius 3 is 2.75 bits per heavy atom. The van der Waals surface area contributed by atoms with E-state index in [-0.39, 0.29) is 0 Å². The lowest BCUT2D eigenvalue weighted by Crippen LogP contribution is -2.13. The summed E-state index contributed by atoms with van der Waals surface area (Å²) >= 11 is 0. The fraction of sp³-hybridized carbons (Fsp3) is 0.556. The lowest BCUT2D eigenvalue weighted by atomic mass is 10.1. The van der Waals surface area contributed by atoms with Crippen molar-refractivity contribution in [2.75, 3.05) is 6.54 Å². The Kier molecular flexibility index (Phi) is 5.66. The molecule has 1 aromatic carbocycles. The second kappa shape index (κ2) is 7.49. The minimum absolute atomic E-state index is 0.794. The Balaban J connectivity index is 2.13. The molecule has 1 heterocycles. The van der Waals surface area contributed by atoms with E-state index >= 15 is 0 Å². The van der Waals surface area contributed by atoms with E-state index in [0.29, 0.717) is 0 Å². The van der Waals surface area contributed by atoms with Crippen LogP contribution in [-0.2, 0) is 13.1 Å². The number of hydrogen-bond acceptors (Lipinski definition) is 1. The van der Waals surface area contributed by atoms with Crippen LogP contribution >= 0.6 is 0 Å². The zero-order valence-corrected chi connectivity index (χ0v) is 13.2. The molecule has 1 aromatic heterocycles. The van der Waals surface area contributed by atoms with Crippen molar-refractivity contribution in [2.24, 2.45) is 5.92 Å². The van der Waals surface area contributed by atoms with Gasteiger partial charge in [0.2, 0.25) is 0 Å². The van der Waals surface area contributed by atoms with Crippen LogP contribution < -0.4 is 5.32 Å². The van der Waals surface area contributed by atoms with Crippen LogP contribution in [0.2, 0.25) is 0 Å². The van der Waals surface area contributed by atoms with E-state index in [1.807, 2.05) is 0 Å². The molecule has 0 spiro atoms. The summed E-state index contributed by atoms with van der Waals surface area (Å²) in [5, 5.41) is 4.92. The van der Waals surface area contributed by atoms with Crippen molar-refractivity contribution in [1.82, 2.24) is 9.88 Å². The quantitative estimate of drug-likeness (QED) is 0.696. The monoisotopic (exact) mass is 272 g/mol. The van der Waals surface area contributed by atoms with Crippen LogP contribution in [0.15, 0.2) is 30.5 Å². The minimum atomic E-state index is 0.794. The highest BCUT2D eigenvalue weighted by molar-refractivity contribution is 5.83. The van der Waals surface area contributed by atoms with Crippen LogP contribution in [-0.4, -0.2) is 11.1 Å². The molecular formula is C18H28N2. The van der Waals surface area contributed by atoms with Gasteiger partial charge in [-0.05, 0) is 43.4 Å². The van der Waals surface area contributed by atoms with Crippen LogP contribution in [0.5, 0.6) is 0 Å². The summed E-state index contributed by atoms with van der Waals surface area (Å²) in [6.45, 7) is 10.0. The highest BCUT2D eigenvalue weighted by atomic mass is 15.0. The molecule has 2 heteroatoms. The summed E-state index contributed by atoms with van der Waals surface area (Å²) in [5.74, 6) is 0.794. The normalized spacial score (nSPS) is 11.6. The van der Waals surface area contributed by atoms with Crippen molar-refractivity contribution in [2.45, 2.75) is 53.1 Å². The zero-order valence-electron chi connectivity index (χ0n) is 13.2. The van der Waals surface area contributed by atoms with Gasteiger partial charge in [0, 0.05) is 30.2 Å². The molecule has 2 rings (SSSR count). The Labute approximate surface area is 123 Å². The van der Waals surface area contributed by atoms with Gasteiger partial charge in [-0.25, -0.2) is 0 Å². The first kappa shape index (κ1) is 15.1. The van der Waals surface area contributed by atoms with Gasteiger partial charge >= 0.3 is 0 Å². The van der Waals surface area contributed by atoms with Gasteiger partial charge in [-0.1, -0.05) is 39.0 Å². The summed E-state index contributed by atoms with van der Waals surface area (Å²) < 4.78 is 2.43. The first-order valence-electron chi connectivity index (χ1n) is 7.99. The first-order chi connectivity index (χ1) is 9.72. The highest BCUT2D eigenvalue weighted by Crippen LogP contribution is 2.22. The fourth-order valence-corrected chi connectivity index (χ4v) is 2.72. The molecule has 0 aliphatic carbocycles. The number of aryl methyl sites for hydroxylation is 1. The number of fused-ring (bicyclic) bond motifs is 1. The van der Waals surface area contributed by atoms with E-state index in [0.717, 1.165) is 25.6 Å². The number of nitrogens with one attached hydrogen (secondary N) is 1. The van der Waals surface area contributed by atoms with Crippen LogP contribution in [0.3, 0.4) is 0 Å². The summed E-state index contributed by atoms with van der Waals surface area (Å²) in [6.07, 6.45) is 6.09. The molecule has 110 valence electrons. The molecule has 0 amide bonds. The maximum atomic E-state index is 3.52. The average Bonchev–Trinajstić information content (AvgIpc) is 2.78. The number of nitrogens with zero attached hydrogens (tertiary/aromatic N) is 1. The number of aromatic nitrogens is 1. The standard InChI is InChI=1S/C18H28N2/c1-4-11-19-13-16-14-20(12-7-8-15(2)3)18-10-6-5-9-17(16)18/h5-6,9-10,14-15,19H,4,7-8,11-13H2,1-3H3. The molecule has 0 fully saturated rings. The summed E-state index contributed by atoms with van der Waals surface area (Å²) in [7, 11) is 0. The van der Waals surface area contributed by atoms with Crippen molar-refractivity contribution < 1.29 is 0 Å². The van der Waals surface area contributed by atoms with Gasteiger partial charge < -0.3 is 9.88 Å². The molecule has 0 saturated heterocycles. The SMILES string of the molecule is CCCNCc1cn(CCCC(C)C)c2ccccc12. The smallest absolute Gasteiger partial charge is 0.0483 e. The third-order valence-corrected chi connectivity index (χ3v) is 3.79. The van der Waals surface area contributed by atoms with Gasteiger partial charge in [0.1, 0.15) is 0 Å². The Morgan fingerprint density at radius 1 is 1.20 bits per heavy atom. The zero-order chi connectivity index (χ0) is 14.4. The van der Waals surface area contributed by atoms with Crippen LogP contribution in [0.1, 0.15) is 45.6 Å². The van der Waals surface area contributed by atoms with Gasteiger partial charge in [-0.2, -0.15) is 0 Å². The Morgan fingerprint density at radius 2 is 2.00 bits per heavy atom. The van der Waals surface area contributed by atoms with Gasteiger partial charge in [-0.15, -0.1) is 0 Å². The molecule has 0 bridgehead atoms. The number of rotatable bonds is 8. The van der Waals surface area contributed by atoms with E-state index in [9.17, 15) is 0 Å². The third-order valence-electron chi connectivity index (χ3n) is 3.79. The predicted molar refractivity (Wildman–Crippen MR) is 88.0 cm³/mol. The molecule has 0 unspecified atom stereocenters. The van der Waals surface area contributed by atoms with Crippen molar-refractivity contribution in [1.29, 1.82) is 0 Å². The molecule has 0 atom stereocenters. The lowest BCUT2D eigenvalue weighted by molar-refractivity contribution is 0.517. The van der Waals surface area contributed by atoms with Gasteiger partial charge in [0.15, 0.2) is 0 Å². The fourth-order valence-electron chi connectivity index (χ4n) is 2.72. The maximum Gasteiger partial charge on any atom is 0.0483 e. The first-order valence-corrected chi connectivity index (χ1v) is 7.99. The van der Waals surface area contributed by atoms with Crippen LogP contribution in [0.4, 0.5) is 0 Å². The molecule has 0 radical (unpaired) electrons. The topological polar surface area (TPSA) is 17.0 Å². The maximum absolute atomic E-state index is 3.52. The van der Waals surface area contributed by atoms with Crippen molar-refractivity contribution >= 4 is 10.9 Å². The van der Waals surface area contributed by atoms with E-state index < -0.39 is 0 Å². The molecule has 20 heavy (non-hydrogen) atoms. The lowest BCUT2D eigenvalue weighted by Gasteiger charge is -2.07. The molecule has 0 aliphatic rings. The molecule has 2 nitrogen and oxygen atoms in total. The van der Waals surface area contributed by atoms with Gasteiger partial charge in [0.25, 0.3) is 0 Å². The van der Waals surface area contributed by atoms with Crippen molar-refractivity contribution in [3.63, 3.8) is 0 Å². The summed E-state index contributed by atoms with van der Waals surface area (Å²) in [6, 6.07) is 8.78. The van der Waals surface area contributed by atoms with E-state index in [2.05, 4.69) is 61.1 Å². The second-order valence-corrected chi connectivity index (χ2v) is 6.08. The highest BCUT2D eigenvalue weighted by Gasteiger charge is 2.07. The summed E-state index contributed by atoms with van der Waals surface area (Å²) in [4.78, 5) is 0. The average molecular weight is 272 g/mol. The Bertz CT molecular complexity index is 525. The summed E-state index contributed by atoms with van der Waals surface area (Å²) in [5.41, 5.74) is 2.81. The van der Waals surface area contributed by atoms with Gasteiger partial charge in [0.05, 0.1) is 0 Å².